The van der Waals surface area contributed by atoms with E-state index < -0.39 is 0 Å². The number of amides is 1. The van der Waals surface area contributed by atoms with E-state index in [0.29, 0.717) is 30.3 Å². The third kappa shape index (κ3) is 3.04. The molecule has 2 aliphatic rings. The number of hydrogen-bond donors (Lipinski definition) is 1. The van der Waals surface area contributed by atoms with Gasteiger partial charge in [0.15, 0.2) is 0 Å². The minimum absolute atomic E-state index is 0.0146. The Labute approximate surface area is 157 Å². The maximum absolute atomic E-state index is 13.0. The Morgan fingerprint density at radius 1 is 1.31 bits per heavy atom. The number of nitrogens with one attached hydrogen (secondary N) is 1. The Balaban J connectivity index is 1.72. The first kappa shape index (κ1) is 16.9. The van der Waals surface area contributed by atoms with Crippen LogP contribution in [0.3, 0.4) is 0 Å². The highest BCUT2D eigenvalue weighted by Crippen LogP contribution is 2.34. The molecule has 6 heteroatoms. The topological polar surface area (TPSA) is 50.8 Å². The van der Waals surface area contributed by atoms with Crippen LogP contribution in [0.1, 0.15) is 15.9 Å². The van der Waals surface area contributed by atoms with Gasteiger partial charge >= 0.3 is 0 Å². The van der Waals surface area contributed by atoms with Gasteiger partial charge in [-0.1, -0.05) is 23.7 Å². The van der Waals surface area contributed by atoms with Gasteiger partial charge in [0.25, 0.3) is 5.91 Å². The van der Waals surface area contributed by atoms with E-state index >= 15 is 0 Å². The lowest BCUT2D eigenvalue weighted by Crippen LogP contribution is -2.51. The Kier molecular flexibility index (Phi) is 4.57. The van der Waals surface area contributed by atoms with Crippen LogP contribution in [0.15, 0.2) is 48.0 Å². The number of carbonyl (C=O) groups is 1. The van der Waals surface area contributed by atoms with Crippen molar-refractivity contribution in [2.45, 2.75) is 6.17 Å². The van der Waals surface area contributed by atoms with Gasteiger partial charge in [-0.3, -0.25) is 4.79 Å². The Bertz CT molecular complexity index is 881. The maximum Gasteiger partial charge on any atom is 0.257 e. The van der Waals surface area contributed by atoms with Crippen molar-refractivity contribution < 1.29 is 14.3 Å². The molecule has 2 aromatic rings. The zero-order valence-corrected chi connectivity index (χ0v) is 15.1. The van der Waals surface area contributed by atoms with Crippen LogP contribution in [0.25, 0.3) is 6.08 Å². The van der Waals surface area contributed by atoms with Gasteiger partial charge in [-0.05, 0) is 36.4 Å². The van der Waals surface area contributed by atoms with Gasteiger partial charge < -0.3 is 19.7 Å². The minimum atomic E-state index is -0.292. The van der Waals surface area contributed by atoms with Crippen LogP contribution >= 0.6 is 11.6 Å². The summed E-state index contributed by atoms with van der Waals surface area (Å²) in [6, 6.07) is 13.1. The lowest BCUT2D eigenvalue weighted by molar-refractivity contribution is 0.0634. The fourth-order valence-electron chi connectivity index (χ4n) is 3.33. The van der Waals surface area contributed by atoms with Gasteiger partial charge in [-0.2, -0.15) is 0 Å². The summed E-state index contributed by atoms with van der Waals surface area (Å²) in [5.74, 6) is 0.781. The van der Waals surface area contributed by atoms with Crippen LogP contribution < -0.4 is 10.1 Å². The minimum Gasteiger partial charge on any atom is -0.488 e. The summed E-state index contributed by atoms with van der Waals surface area (Å²) in [4.78, 5) is 14.8. The molecule has 1 unspecified atom stereocenters. The van der Waals surface area contributed by atoms with Gasteiger partial charge in [-0.25, -0.2) is 0 Å². The molecule has 2 heterocycles. The molecule has 4 rings (SSSR count). The van der Waals surface area contributed by atoms with Crippen molar-refractivity contribution in [3.8, 4) is 5.75 Å². The third-order valence-electron chi connectivity index (χ3n) is 4.62. The fraction of sp³-hybridized carbons (Fsp3) is 0.250. The maximum atomic E-state index is 13.0. The molecule has 1 amide bonds. The highest BCUT2D eigenvalue weighted by molar-refractivity contribution is 6.30. The van der Waals surface area contributed by atoms with E-state index in [0.717, 1.165) is 22.6 Å². The van der Waals surface area contributed by atoms with Crippen LogP contribution in [-0.4, -0.2) is 43.8 Å². The lowest BCUT2D eigenvalue weighted by Gasteiger charge is -2.39. The number of para-hydroxylation sites is 1. The van der Waals surface area contributed by atoms with E-state index in [1.54, 1.807) is 12.0 Å². The molecule has 2 aliphatic heterocycles. The second-order valence-electron chi connectivity index (χ2n) is 6.27. The number of carbonyl (C=O) groups excluding carboxylic acids is 1. The average Bonchev–Trinajstić information content (AvgIpc) is 2.66. The van der Waals surface area contributed by atoms with E-state index in [4.69, 9.17) is 21.1 Å². The average molecular weight is 371 g/mol. The van der Waals surface area contributed by atoms with Crippen molar-refractivity contribution in [3.05, 3.63) is 64.2 Å². The van der Waals surface area contributed by atoms with Crippen molar-refractivity contribution >= 4 is 29.3 Å². The molecule has 2 aromatic carbocycles. The summed E-state index contributed by atoms with van der Waals surface area (Å²) in [7, 11) is 1.63. The molecule has 0 bridgehead atoms. The highest BCUT2D eigenvalue weighted by Gasteiger charge is 2.34. The normalized spacial score (nSPS) is 18.4. The molecule has 5 nitrogen and oxygen atoms in total. The third-order valence-corrected chi connectivity index (χ3v) is 4.85. The van der Waals surface area contributed by atoms with Crippen LogP contribution in [0.2, 0.25) is 5.02 Å². The predicted octanol–water partition coefficient (Wildman–Crippen LogP) is 3.66. The zero-order chi connectivity index (χ0) is 18.1. The summed E-state index contributed by atoms with van der Waals surface area (Å²) in [5.41, 5.74) is 3.38. The number of methoxy groups -OCH3 is 1. The van der Waals surface area contributed by atoms with Crippen molar-refractivity contribution in [1.29, 1.82) is 0 Å². The monoisotopic (exact) mass is 370 g/mol. The molecule has 26 heavy (non-hydrogen) atoms. The SMILES string of the molecule is COCCN1C(=O)c2ccccc2NC1C1=Cc2cc(Cl)ccc2OC1. The first-order chi connectivity index (χ1) is 12.7. The first-order valence-corrected chi connectivity index (χ1v) is 8.83. The van der Waals surface area contributed by atoms with Crippen molar-refractivity contribution in [2.75, 3.05) is 32.2 Å². The second kappa shape index (κ2) is 7.02. The molecular formula is C20H19ClN2O3. The highest BCUT2D eigenvalue weighted by atomic mass is 35.5. The number of halogens is 1. The lowest BCUT2D eigenvalue weighted by atomic mass is 10.0. The number of fused-ring (bicyclic) bond motifs is 2. The molecular weight excluding hydrogens is 352 g/mol. The quantitative estimate of drug-likeness (QED) is 0.892. The summed E-state index contributed by atoms with van der Waals surface area (Å²) in [5, 5.41) is 4.12. The summed E-state index contributed by atoms with van der Waals surface area (Å²) >= 11 is 6.12. The number of ether oxygens (including phenoxy) is 2. The summed E-state index contributed by atoms with van der Waals surface area (Å²) in [6.45, 7) is 1.36. The van der Waals surface area contributed by atoms with E-state index in [9.17, 15) is 4.79 Å². The molecule has 0 radical (unpaired) electrons. The first-order valence-electron chi connectivity index (χ1n) is 8.45. The van der Waals surface area contributed by atoms with Crippen molar-refractivity contribution in [1.82, 2.24) is 4.90 Å². The second-order valence-corrected chi connectivity index (χ2v) is 6.71. The number of benzene rings is 2. The molecule has 0 aliphatic carbocycles. The van der Waals surface area contributed by atoms with Gasteiger partial charge in [0.05, 0.1) is 12.2 Å². The molecule has 0 fully saturated rings. The number of hydrogen-bond acceptors (Lipinski definition) is 4. The molecule has 0 saturated carbocycles. The van der Waals surface area contributed by atoms with Gasteiger partial charge in [-0.15, -0.1) is 0 Å². The van der Waals surface area contributed by atoms with Crippen molar-refractivity contribution in [3.63, 3.8) is 0 Å². The molecule has 0 aromatic heterocycles. The number of rotatable bonds is 4. The zero-order valence-electron chi connectivity index (χ0n) is 14.4. The van der Waals surface area contributed by atoms with Gasteiger partial charge in [0.1, 0.15) is 18.5 Å². The van der Waals surface area contributed by atoms with Crippen LogP contribution in [-0.2, 0) is 4.74 Å². The molecule has 1 atom stereocenters. The summed E-state index contributed by atoms with van der Waals surface area (Å²) < 4.78 is 11.1. The number of nitrogens with zero attached hydrogens (tertiary/aromatic N) is 1. The standard InChI is InChI=1S/C20H19ClN2O3/c1-25-9-8-23-19(22-17-5-3-2-4-16(17)20(23)24)14-10-13-11-15(21)6-7-18(13)26-12-14/h2-7,10-11,19,22H,8-9,12H2,1H3. The molecule has 0 saturated heterocycles. The molecule has 1 N–H and O–H groups in total. The van der Waals surface area contributed by atoms with Crippen LogP contribution in [0.5, 0.6) is 5.75 Å². The Morgan fingerprint density at radius 2 is 2.15 bits per heavy atom. The Morgan fingerprint density at radius 3 is 3.00 bits per heavy atom. The largest absolute Gasteiger partial charge is 0.488 e. The number of anilines is 1. The van der Waals surface area contributed by atoms with Gasteiger partial charge in [0.2, 0.25) is 0 Å². The van der Waals surface area contributed by atoms with E-state index in [1.807, 2.05) is 48.5 Å². The Hall–Kier alpha value is -2.50. The predicted molar refractivity (Wildman–Crippen MR) is 102 cm³/mol. The molecule has 134 valence electrons. The van der Waals surface area contributed by atoms with Crippen LogP contribution in [0.4, 0.5) is 5.69 Å². The summed E-state index contributed by atoms with van der Waals surface area (Å²) in [6.07, 6.45) is 1.75. The van der Waals surface area contributed by atoms with Gasteiger partial charge in [0, 0.05) is 35.5 Å². The fourth-order valence-corrected chi connectivity index (χ4v) is 3.51. The smallest absolute Gasteiger partial charge is 0.257 e. The van der Waals surface area contributed by atoms with E-state index in [1.165, 1.54) is 0 Å². The van der Waals surface area contributed by atoms with Crippen molar-refractivity contribution in [2.24, 2.45) is 0 Å². The van der Waals surface area contributed by atoms with E-state index in [2.05, 4.69) is 5.32 Å². The van der Waals surface area contributed by atoms with Crippen LogP contribution in [0, 0.1) is 0 Å². The molecule has 0 spiro atoms. The van der Waals surface area contributed by atoms with E-state index in [-0.39, 0.29) is 12.1 Å².